The first-order valence-corrected chi connectivity index (χ1v) is 31.1. The molecule has 0 amide bonds. The summed E-state index contributed by atoms with van der Waals surface area (Å²) in [6.45, 7) is 0. The Morgan fingerprint density at radius 1 is 0.500 bits per heavy atom. The van der Waals surface area contributed by atoms with Gasteiger partial charge in [-0.25, -0.2) is 16.8 Å². The van der Waals surface area contributed by atoms with Crippen LogP contribution in [0.5, 0.6) is 11.5 Å². The normalized spacial score (nSPS) is 12.2. The van der Waals surface area contributed by atoms with Crippen LogP contribution in [0.1, 0.15) is 17.2 Å². The molecule has 0 spiro atoms. The summed E-state index contributed by atoms with van der Waals surface area (Å²) in [6, 6.07) is 34.7. The van der Waals surface area contributed by atoms with Crippen LogP contribution in [0.3, 0.4) is 0 Å². The quantitative estimate of drug-likeness (QED) is 0.0178. The molecule has 1 atom stereocenters. The fourth-order valence-corrected chi connectivity index (χ4v) is 12.0. The molecule has 0 aliphatic heterocycles. The van der Waals surface area contributed by atoms with E-state index in [4.69, 9.17) is 50.6 Å². The number of nitro benzene ring substituents is 1. The van der Waals surface area contributed by atoms with Crippen LogP contribution in [0.4, 0.5) is 51.7 Å². The molecule has 39 heteroatoms. The average Bonchev–Trinajstić information content (AvgIpc) is 0.779. The Labute approximate surface area is 572 Å². The van der Waals surface area contributed by atoms with Crippen LogP contribution in [0.25, 0.3) is 21.5 Å². The minimum atomic E-state index is -5.35. The van der Waals surface area contributed by atoms with Gasteiger partial charge in [-0.15, -0.1) is 10.2 Å². The number of halogens is 4. The zero-order valence-corrected chi connectivity index (χ0v) is 55.5. The number of anilines is 4. The Kier molecular flexibility index (Phi) is 22.7. The summed E-state index contributed by atoms with van der Waals surface area (Å²) in [5.74, 6) is -2.33. The molecule has 0 aliphatic rings. The largest absolute Gasteiger partial charge is 1.00 e. The van der Waals surface area contributed by atoms with Gasteiger partial charge in [0.15, 0.2) is 11.5 Å². The summed E-state index contributed by atoms with van der Waals surface area (Å²) in [4.78, 5) is 30.3. The van der Waals surface area contributed by atoms with E-state index in [-0.39, 0.29) is 142 Å². The Hall–Kier alpha value is -7.10. The Balaban J connectivity index is 0.000000267. The van der Waals surface area contributed by atoms with Gasteiger partial charge in [-0.1, -0.05) is 78.9 Å². The fourth-order valence-electron chi connectivity index (χ4n) is 8.12. The van der Waals surface area contributed by atoms with Crippen molar-refractivity contribution in [2.24, 2.45) is 20.5 Å². The van der Waals surface area contributed by atoms with E-state index in [1.54, 1.807) is 66.7 Å². The van der Waals surface area contributed by atoms with Crippen molar-refractivity contribution in [3.8, 4) is 11.5 Å². The number of aromatic hydroxyl groups is 2. The van der Waals surface area contributed by atoms with Crippen molar-refractivity contribution in [1.82, 2.24) is 29.9 Å². The van der Waals surface area contributed by atoms with Gasteiger partial charge in [0.25, 0.3) is 25.9 Å². The van der Waals surface area contributed by atoms with Gasteiger partial charge in [-0.2, -0.15) is 57.0 Å². The van der Waals surface area contributed by atoms with Gasteiger partial charge in [0.1, 0.15) is 47.5 Å². The fraction of sp³-hybridized carbons (Fsp3) is 0.0196. The van der Waals surface area contributed by atoms with E-state index in [9.17, 15) is 67.7 Å². The number of benzene rings is 8. The number of hydrogen-bond donors (Lipinski definition) is 5. The van der Waals surface area contributed by atoms with Crippen LogP contribution in [-0.2, 0) is 44.7 Å². The number of azo groups is 2. The third-order valence-electron chi connectivity index (χ3n) is 11.8. The first-order valence-electron chi connectivity index (χ1n) is 23.9. The van der Waals surface area contributed by atoms with Crippen molar-refractivity contribution in [1.29, 1.82) is 0 Å². The summed E-state index contributed by atoms with van der Waals surface area (Å²) >= 11 is 23.3. The molecule has 0 fully saturated rings. The van der Waals surface area contributed by atoms with Crippen molar-refractivity contribution >= 4 is 160 Å². The summed E-state index contributed by atoms with van der Waals surface area (Å²) in [5.41, 5.74) is -1.93. The van der Waals surface area contributed by atoms with E-state index < -0.39 is 99.6 Å². The maximum atomic E-state index is 14.3. The monoisotopic (exact) mass is 1390 g/mol. The molecule has 5 N–H and O–H groups in total. The minimum absolute atomic E-state index is 0. The van der Waals surface area contributed by atoms with Crippen LogP contribution in [0.2, 0.25) is 21.1 Å². The molecule has 0 saturated carbocycles. The predicted molar refractivity (Wildman–Crippen MR) is 314 cm³/mol. The molecule has 90 heavy (non-hydrogen) atoms. The first kappa shape index (κ1) is 70.4. The molecule has 8 aromatic carbocycles. The number of para-hydroxylation sites is 1. The molecule has 2 aromatic heterocycles. The molecule has 450 valence electrons. The SMILES string of the molecule is O=S(=O)([O-])c1cc2cc(S(=O)(=O)O)c(Nc3nc(Cl)nc(Cl)n3)cc2c(O)c1N=Nc1ccccc1.O=[N+]([O-])c1ccccc1C(OS(=O)(=O)c1cc2cc(S(=O)(=O)[O-])c(N=Nc3ccccc3)c(O)c2cc1Nc1nc(Cl)nc(Cl)n1)c1ccccc1.[Na+].[Na+]. The average molecular weight is 1400 g/mol. The van der Waals surface area contributed by atoms with E-state index in [1.807, 2.05) is 0 Å². The zero-order chi connectivity index (χ0) is 63.5. The molecule has 10 rings (SSSR count). The molecule has 29 nitrogen and oxygen atoms in total. The van der Waals surface area contributed by atoms with Crippen LogP contribution in [-0.4, -0.2) is 92.4 Å². The number of aromatic nitrogens is 6. The van der Waals surface area contributed by atoms with Crippen LogP contribution in [0, 0.1) is 10.1 Å². The van der Waals surface area contributed by atoms with E-state index in [0.717, 1.165) is 36.4 Å². The van der Waals surface area contributed by atoms with Gasteiger partial charge in [-0.05, 0) is 129 Å². The van der Waals surface area contributed by atoms with E-state index in [0.29, 0.717) is 5.69 Å². The number of fused-ring (bicyclic) bond motifs is 2. The number of phenolic OH excluding ortho intramolecular Hbond substituents is 2. The minimum Gasteiger partial charge on any atom is -0.744 e. The zero-order valence-electron chi connectivity index (χ0n) is 45.2. The smallest absolute Gasteiger partial charge is 0.744 e. The van der Waals surface area contributed by atoms with Crippen molar-refractivity contribution < 1.29 is 126 Å². The maximum absolute atomic E-state index is 14.3. The summed E-state index contributed by atoms with van der Waals surface area (Å²) in [6.07, 6.45) is -1.58. The van der Waals surface area contributed by atoms with E-state index >= 15 is 0 Å². The van der Waals surface area contributed by atoms with Gasteiger partial charge in [-0.3, -0.25) is 18.9 Å². The van der Waals surface area contributed by atoms with Crippen LogP contribution >= 0.6 is 46.4 Å². The second kappa shape index (κ2) is 29.0. The summed E-state index contributed by atoms with van der Waals surface area (Å²) in [7, 11) is -20.6. The summed E-state index contributed by atoms with van der Waals surface area (Å²) < 4.78 is 141. The number of rotatable bonds is 17. The molecule has 0 saturated heterocycles. The van der Waals surface area contributed by atoms with E-state index in [1.165, 1.54) is 48.5 Å². The Bertz CT molecular complexity index is 4940. The Morgan fingerprint density at radius 3 is 1.27 bits per heavy atom. The topological polar surface area (TPSA) is 447 Å². The molecule has 0 radical (unpaired) electrons. The van der Waals surface area contributed by atoms with Gasteiger partial charge in [0, 0.05) is 16.8 Å². The maximum Gasteiger partial charge on any atom is 1.00 e. The second-order valence-electron chi connectivity index (χ2n) is 17.5. The Morgan fingerprint density at radius 2 is 0.867 bits per heavy atom. The van der Waals surface area contributed by atoms with Crippen LogP contribution < -0.4 is 69.7 Å². The van der Waals surface area contributed by atoms with Crippen molar-refractivity contribution in [2.75, 3.05) is 10.6 Å². The molecule has 2 heterocycles. The van der Waals surface area contributed by atoms with Crippen molar-refractivity contribution in [3.63, 3.8) is 0 Å². The molecule has 10 aromatic rings. The number of nitrogens with zero attached hydrogens (tertiary/aromatic N) is 11. The van der Waals surface area contributed by atoms with Gasteiger partial charge in [0.2, 0.25) is 33.0 Å². The standard InChI is InChI=1S/C32H21Cl2N7O9S2.C19H12Cl2N6O7S2.2Na/c33-30-36-31(34)38-32(37-30)35-23-17-22-19(16-26(51(45,46)47)27(28(22)42)40-39-20-11-5-2-6-12-20)15-25(23)52(48,49)50-29(18-9-3-1-4-10-18)21-13-7-8-14-24(21)41(43)44;20-17-23-18(21)25-19(24-17)22-12-8-11-9(6-13(12)35(29,30)31)7-14(36(32,33)34)15(16(11)28)27-26-10-4-2-1-3-5-10;;/h1-17,29,42H,(H,45,46,47)(H,35,36,37,38);1-8,28H,(H,29,30,31)(H,32,33,34)(H,22,23,24,25);;/q;;2*+1/p-2. The molecule has 0 aliphatic carbocycles. The van der Waals surface area contributed by atoms with E-state index in [2.05, 4.69) is 61.0 Å². The van der Waals surface area contributed by atoms with Gasteiger partial charge in [0.05, 0.1) is 43.0 Å². The molecular formula is C51H31Cl4N13Na2O16S4. The first-order chi connectivity index (χ1) is 41.5. The summed E-state index contributed by atoms with van der Waals surface area (Å²) in [5, 5.41) is 52.4. The van der Waals surface area contributed by atoms with Crippen molar-refractivity contribution in [2.45, 2.75) is 25.7 Å². The number of phenols is 2. The molecule has 0 bridgehead atoms. The third kappa shape index (κ3) is 16.9. The van der Waals surface area contributed by atoms with Gasteiger partial charge < -0.3 is 30.0 Å². The number of nitrogens with one attached hydrogen (secondary N) is 2. The molecular weight excluding hydrogens is 1370 g/mol. The van der Waals surface area contributed by atoms with Crippen LogP contribution in [0.15, 0.2) is 192 Å². The van der Waals surface area contributed by atoms with Gasteiger partial charge >= 0.3 is 59.1 Å². The third-order valence-corrected chi connectivity index (χ3v) is 16.4. The van der Waals surface area contributed by atoms with Crippen molar-refractivity contribution in [3.05, 3.63) is 194 Å². The predicted octanol–water partition coefficient (Wildman–Crippen LogP) is 5.86. The second-order valence-corrected chi connectivity index (χ2v) is 24.5. The molecule has 1 unspecified atom stereocenters. The number of nitro groups is 1. The number of hydrogen-bond acceptors (Lipinski definition) is 27.